The molecule has 0 aromatic heterocycles. The van der Waals surface area contributed by atoms with Gasteiger partial charge in [0, 0.05) is 15.6 Å². The van der Waals surface area contributed by atoms with Gasteiger partial charge in [-0.15, -0.1) is 0 Å². The van der Waals surface area contributed by atoms with E-state index in [1.165, 1.54) is 18.2 Å². The minimum atomic E-state index is -5.08. The Morgan fingerprint density at radius 2 is 1.67 bits per heavy atom. The highest BCUT2D eigenvalue weighted by Crippen LogP contribution is 2.43. The Bertz CT molecular complexity index is 754. The van der Waals surface area contributed by atoms with Gasteiger partial charge < -0.3 is 5.11 Å². The molecule has 0 aliphatic carbocycles. The summed E-state index contributed by atoms with van der Waals surface area (Å²) in [4.78, 5) is 12.3. The van der Waals surface area contributed by atoms with Crippen molar-refractivity contribution in [2.24, 2.45) is 0 Å². The molecule has 0 aliphatic heterocycles. The van der Waals surface area contributed by atoms with Crippen LogP contribution in [0.4, 0.5) is 13.2 Å². The highest BCUT2D eigenvalue weighted by atomic mass is 35.5. The van der Waals surface area contributed by atoms with E-state index in [9.17, 15) is 23.1 Å². The molecule has 0 aliphatic rings. The zero-order valence-electron chi connectivity index (χ0n) is 12.5. The lowest BCUT2D eigenvalue weighted by molar-refractivity contribution is -0.264. The van der Waals surface area contributed by atoms with Crippen LogP contribution in [0.3, 0.4) is 0 Å². The summed E-state index contributed by atoms with van der Waals surface area (Å²) in [5.41, 5.74) is -3.15. The number of halogens is 5. The molecule has 2 rings (SSSR count). The molecule has 128 valence electrons. The van der Waals surface area contributed by atoms with Crippen LogP contribution >= 0.6 is 23.2 Å². The van der Waals surface area contributed by atoms with Gasteiger partial charge in [-0.2, -0.15) is 13.2 Å². The van der Waals surface area contributed by atoms with Gasteiger partial charge in [-0.25, -0.2) is 0 Å². The summed E-state index contributed by atoms with van der Waals surface area (Å²) in [5, 5.41) is 10.2. The van der Waals surface area contributed by atoms with E-state index in [0.29, 0.717) is 0 Å². The average Bonchev–Trinajstić information content (AvgIpc) is 2.44. The molecule has 0 amide bonds. The third-order valence-corrected chi connectivity index (χ3v) is 4.00. The van der Waals surface area contributed by atoms with Crippen LogP contribution in [0, 0.1) is 6.92 Å². The number of aliphatic hydroxyl groups is 1. The molecule has 0 heterocycles. The summed E-state index contributed by atoms with van der Waals surface area (Å²) in [6.07, 6.45) is -6.25. The normalized spacial score (nSPS) is 14.3. The summed E-state index contributed by atoms with van der Waals surface area (Å²) in [5.74, 6) is -0.838. The zero-order chi connectivity index (χ0) is 18.1. The van der Waals surface area contributed by atoms with Crippen LogP contribution in [-0.2, 0) is 5.60 Å². The standard InChI is InChI=1S/C17H13Cl2F3O2/c1-10-3-2-4-11(5-10)15(23)9-16(24,17(20,21)22)12-6-13(18)8-14(19)7-12/h2-8,24H,9H2,1H3. The summed E-state index contributed by atoms with van der Waals surface area (Å²) >= 11 is 11.5. The molecule has 0 radical (unpaired) electrons. The number of Topliss-reactive ketones (excluding diaryl/α,β-unsaturated/α-hetero) is 1. The average molecular weight is 377 g/mol. The Kier molecular flexibility index (Phi) is 5.28. The largest absolute Gasteiger partial charge is 0.421 e. The molecule has 2 aromatic rings. The predicted molar refractivity (Wildman–Crippen MR) is 86.5 cm³/mol. The van der Waals surface area contributed by atoms with E-state index >= 15 is 0 Å². The van der Waals surface area contributed by atoms with E-state index in [0.717, 1.165) is 17.7 Å². The van der Waals surface area contributed by atoms with Crippen LogP contribution in [0.2, 0.25) is 10.0 Å². The van der Waals surface area contributed by atoms with E-state index in [1.807, 2.05) is 0 Å². The van der Waals surface area contributed by atoms with Crippen molar-refractivity contribution in [1.29, 1.82) is 0 Å². The summed E-state index contributed by atoms with van der Waals surface area (Å²) in [6.45, 7) is 1.71. The number of benzene rings is 2. The molecular formula is C17H13Cl2F3O2. The number of alkyl halides is 3. The van der Waals surface area contributed by atoms with Crippen molar-refractivity contribution in [3.63, 3.8) is 0 Å². The molecule has 1 N–H and O–H groups in total. The first-order valence-corrected chi connectivity index (χ1v) is 7.64. The van der Waals surface area contributed by atoms with Crippen LogP contribution in [0.25, 0.3) is 0 Å². The molecule has 24 heavy (non-hydrogen) atoms. The number of ketones is 1. The van der Waals surface area contributed by atoms with Crippen molar-refractivity contribution >= 4 is 29.0 Å². The van der Waals surface area contributed by atoms with Gasteiger partial charge in [0.05, 0.1) is 6.42 Å². The SMILES string of the molecule is Cc1cccc(C(=O)CC(O)(c2cc(Cl)cc(Cl)c2)C(F)(F)F)c1. The van der Waals surface area contributed by atoms with Crippen LogP contribution in [-0.4, -0.2) is 17.1 Å². The lowest BCUT2D eigenvalue weighted by atomic mass is 9.86. The van der Waals surface area contributed by atoms with Crippen molar-refractivity contribution in [3.8, 4) is 0 Å². The Morgan fingerprint density at radius 1 is 1.08 bits per heavy atom. The minimum Gasteiger partial charge on any atom is -0.376 e. The first-order valence-electron chi connectivity index (χ1n) is 6.88. The predicted octanol–water partition coefficient (Wildman–Crippen LogP) is 5.32. The van der Waals surface area contributed by atoms with Gasteiger partial charge >= 0.3 is 6.18 Å². The summed E-state index contributed by atoms with van der Waals surface area (Å²) < 4.78 is 40.6. The smallest absolute Gasteiger partial charge is 0.376 e. The van der Waals surface area contributed by atoms with E-state index < -0.39 is 29.5 Å². The molecule has 0 bridgehead atoms. The monoisotopic (exact) mass is 376 g/mol. The van der Waals surface area contributed by atoms with Crippen molar-refractivity contribution in [3.05, 3.63) is 69.2 Å². The highest BCUT2D eigenvalue weighted by Gasteiger charge is 2.56. The maximum atomic E-state index is 13.5. The maximum Gasteiger partial charge on any atom is 0.421 e. The van der Waals surface area contributed by atoms with Crippen LogP contribution in [0.15, 0.2) is 42.5 Å². The minimum absolute atomic E-state index is 0.0665. The number of carbonyl (C=O) groups excluding carboxylic acids is 1. The fourth-order valence-corrected chi connectivity index (χ4v) is 2.84. The van der Waals surface area contributed by atoms with Crippen molar-refractivity contribution in [1.82, 2.24) is 0 Å². The molecule has 7 heteroatoms. The second-order valence-electron chi connectivity index (χ2n) is 5.49. The van der Waals surface area contributed by atoms with Gasteiger partial charge in [0.15, 0.2) is 11.4 Å². The molecule has 2 nitrogen and oxygen atoms in total. The third-order valence-electron chi connectivity index (χ3n) is 3.57. The third kappa shape index (κ3) is 3.91. The van der Waals surface area contributed by atoms with Crippen LogP contribution < -0.4 is 0 Å². The second-order valence-corrected chi connectivity index (χ2v) is 6.36. The number of hydrogen-bond acceptors (Lipinski definition) is 2. The Hall–Kier alpha value is -1.56. The molecule has 0 spiro atoms. The quantitative estimate of drug-likeness (QED) is 0.732. The number of aryl methyl sites for hydroxylation is 1. The Balaban J connectivity index is 2.47. The van der Waals surface area contributed by atoms with Crippen LogP contribution in [0.1, 0.15) is 27.9 Å². The van der Waals surface area contributed by atoms with Gasteiger partial charge in [-0.05, 0) is 36.8 Å². The maximum absolute atomic E-state index is 13.5. The number of carbonyl (C=O) groups is 1. The highest BCUT2D eigenvalue weighted by molar-refractivity contribution is 6.34. The van der Waals surface area contributed by atoms with Gasteiger partial charge in [0.1, 0.15) is 0 Å². The molecule has 1 unspecified atom stereocenters. The first-order chi connectivity index (χ1) is 11.0. The number of rotatable bonds is 4. The zero-order valence-corrected chi connectivity index (χ0v) is 14.0. The van der Waals surface area contributed by atoms with Crippen LogP contribution in [0.5, 0.6) is 0 Å². The van der Waals surface area contributed by atoms with Gasteiger partial charge in [-0.3, -0.25) is 4.79 Å². The Morgan fingerprint density at radius 3 is 2.17 bits per heavy atom. The number of hydrogen-bond donors (Lipinski definition) is 1. The summed E-state index contributed by atoms with van der Waals surface area (Å²) in [6, 6.07) is 9.27. The fourth-order valence-electron chi connectivity index (χ4n) is 2.31. The molecule has 1 atom stereocenters. The molecule has 0 saturated carbocycles. The topological polar surface area (TPSA) is 37.3 Å². The van der Waals surface area contributed by atoms with Gasteiger partial charge in [-0.1, -0.05) is 47.0 Å². The lowest BCUT2D eigenvalue weighted by Gasteiger charge is -2.30. The fraction of sp³-hybridized carbons (Fsp3) is 0.235. The Labute approximate surface area is 146 Å². The molecule has 0 fully saturated rings. The molecule has 0 saturated heterocycles. The second kappa shape index (κ2) is 6.75. The van der Waals surface area contributed by atoms with Crippen molar-refractivity contribution in [2.45, 2.75) is 25.1 Å². The molecule has 2 aromatic carbocycles. The van der Waals surface area contributed by atoms with Gasteiger partial charge in [0.25, 0.3) is 0 Å². The van der Waals surface area contributed by atoms with Gasteiger partial charge in [0.2, 0.25) is 0 Å². The van der Waals surface area contributed by atoms with E-state index in [1.54, 1.807) is 19.1 Å². The van der Waals surface area contributed by atoms with E-state index in [2.05, 4.69) is 0 Å². The molecular weight excluding hydrogens is 364 g/mol. The first kappa shape index (κ1) is 18.8. The summed E-state index contributed by atoms with van der Waals surface area (Å²) in [7, 11) is 0. The van der Waals surface area contributed by atoms with Crippen molar-refractivity contribution in [2.75, 3.05) is 0 Å². The van der Waals surface area contributed by atoms with E-state index in [-0.39, 0.29) is 15.6 Å². The lowest BCUT2D eigenvalue weighted by Crippen LogP contribution is -2.44. The van der Waals surface area contributed by atoms with E-state index in [4.69, 9.17) is 23.2 Å². The van der Waals surface area contributed by atoms with Crippen molar-refractivity contribution < 1.29 is 23.1 Å².